The van der Waals surface area contributed by atoms with Gasteiger partial charge in [0.15, 0.2) is 0 Å². The molecular weight excluding hydrogens is 392 g/mol. The van der Waals surface area contributed by atoms with Crippen molar-refractivity contribution in [3.8, 4) is 6.07 Å². The third kappa shape index (κ3) is 3.37. The van der Waals surface area contributed by atoms with Gasteiger partial charge in [-0.2, -0.15) is 5.26 Å². The molecule has 0 amide bonds. The highest BCUT2D eigenvalue weighted by molar-refractivity contribution is 9.10. The molecule has 0 unspecified atom stereocenters. The summed E-state index contributed by atoms with van der Waals surface area (Å²) in [6.07, 6.45) is 9.89. The first-order valence-corrected chi connectivity index (χ1v) is 9.54. The van der Waals surface area contributed by atoms with Crippen molar-refractivity contribution in [2.24, 2.45) is 0 Å². The number of aromatic amines is 1. The minimum Gasteiger partial charge on any atom is -0.381 e. The van der Waals surface area contributed by atoms with Crippen LogP contribution in [-0.2, 0) is 6.54 Å². The Morgan fingerprint density at radius 2 is 2.12 bits per heavy atom. The number of rotatable bonds is 5. The van der Waals surface area contributed by atoms with Crippen molar-refractivity contribution in [1.29, 1.82) is 5.26 Å². The van der Waals surface area contributed by atoms with Crippen molar-refractivity contribution in [3.63, 3.8) is 0 Å². The number of nitrogens with zero attached hydrogens (tertiary/aromatic N) is 3. The van der Waals surface area contributed by atoms with Crippen LogP contribution in [0.1, 0.15) is 36.9 Å². The zero-order valence-corrected chi connectivity index (χ0v) is 15.8. The number of fused-ring (bicyclic) bond motifs is 1. The number of hydrogen-bond acceptors (Lipinski definition) is 5. The van der Waals surface area contributed by atoms with Crippen LogP contribution < -0.4 is 10.6 Å². The molecule has 2 heterocycles. The smallest absolute Gasteiger partial charge is 0.103 e. The van der Waals surface area contributed by atoms with Crippen LogP contribution >= 0.6 is 15.9 Å². The number of hydrogen-bond donors (Lipinski definition) is 3. The number of nitrogens with one attached hydrogen (secondary N) is 3. The molecule has 0 spiro atoms. The second-order valence-electron chi connectivity index (χ2n) is 6.57. The van der Waals surface area contributed by atoms with Crippen LogP contribution in [-0.4, -0.2) is 21.0 Å². The molecule has 0 saturated heterocycles. The van der Waals surface area contributed by atoms with Gasteiger partial charge in [-0.3, -0.25) is 4.98 Å². The summed E-state index contributed by atoms with van der Waals surface area (Å²) in [6.45, 7) is 0.648. The molecule has 0 atom stereocenters. The maximum absolute atomic E-state index is 9.55. The summed E-state index contributed by atoms with van der Waals surface area (Å²) >= 11 is 3.63. The van der Waals surface area contributed by atoms with E-state index in [0.29, 0.717) is 18.2 Å². The van der Waals surface area contributed by atoms with Crippen LogP contribution in [0.2, 0.25) is 0 Å². The van der Waals surface area contributed by atoms with Gasteiger partial charge in [-0.25, -0.2) is 4.98 Å². The predicted molar refractivity (Wildman–Crippen MR) is 106 cm³/mol. The second-order valence-corrected chi connectivity index (χ2v) is 7.42. The lowest BCUT2D eigenvalue weighted by atomic mass is 10.1. The summed E-state index contributed by atoms with van der Waals surface area (Å²) < 4.78 is 0.904. The molecule has 132 valence electrons. The molecule has 0 aliphatic heterocycles. The molecule has 1 aliphatic rings. The number of pyridine rings is 1. The Balaban J connectivity index is 1.72. The maximum atomic E-state index is 9.55. The Bertz CT molecular complexity index is 954. The molecule has 2 aromatic heterocycles. The molecule has 1 saturated carbocycles. The molecule has 0 radical (unpaired) electrons. The topological polar surface area (TPSA) is 89.4 Å². The van der Waals surface area contributed by atoms with Crippen molar-refractivity contribution in [3.05, 3.63) is 46.6 Å². The Labute approximate surface area is 160 Å². The van der Waals surface area contributed by atoms with E-state index >= 15 is 0 Å². The summed E-state index contributed by atoms with van der Waals surface area (Å²) in [6, 6.07) is 6.77. The third-order valence-corrected chi connectivity index (χ3v) is 5.39. The normalized spacial score (nSPS) is 14.5. The molecule has 7 heteroatoms. The minimum atomic E-state index is 0.424. The van der Waals surface area contributed by atoms with Crippen LogP contribution in [0.5, 0.6) is 0 Å². The number of halogens is 1. The van der Waals surface area contributed by atoms with Gasteiger partial charge in [-0.05, 0) is 40.9 Å². The van der Waals surface area contributed by atoms with Gasteiger partial charge < -0.3 is 15.6 Å². The summed E-state index contributed by atoms with van der Waals surface area (Å²) in [5, 5.41) is 17.5. The van der Waals surface area contributed by atoms with Crippen molar-refractivity contribution in [1.82, 2.24) is 15.0 Å². The highest BCUT2D eigenvalue weighted by Crippen LogP contribution is 2.35. The lowest BCUT2D eigenvalue weighted by molar-refractivity contribution is 0.756. The first-order chi connectivity index (χ1) is 12.7. The Morgan fingerprint density at radius 3 is 2.85 bits per heavy atom. The highest BCUT2D eigenvalue weighted by atomic mass is 79.9. The fourth-order valence-electron chi connectivity index (χ4n) is 3.45. The lowest BCUT2D eigenvalue weighted by Gasteiger charge is -2.18. The predicted octanol–water partition coefficient (Wildman–Crippen LogP) is 4.56. The van der Waals surface area contributed by atoms with Crippen LogP contribution in [0.25, 0.3) is 10.9 Å². The van der Waals surface area contributed by atoms with E-state index in [-0.39, 0.29) is 0 Å². The Hall–Kier alpha value is -2.59. The summed E-state index contributed by atoms with van der Waals surface area (Å²) in [4.78, 5) is 11.6. The summed E-state index contributed by atoms with van der Waals surface area (Å²) in [5.41, 5.74) is 4.30. The van der Waals surface area contributed by atoms with Gasteiger partial charge in [0.25, 0.3) is 0 Å². The molecule has 1 aliphatic carbocycles. The third-order valence-electron chi connectivity index (χ3n) is 4.79. The van der Waals surface area contributed by atoms with Crippen LogP contribution in [0.4, 0.5) is 11.4 Å². The number of benzene rings is 1. The molecule has 1 aromatic carbocycles. The van der Waals surface area contributed by atoms with Crippen molar-refractivity contribution in [2.45, 2.75) is 38.3 Å². The lowest BCUT2D eigenvalue weighted by Crippen LogP contribution is -2.16. The van der Waals surface area contributed by atoms with E-state index in [0.717, 1.165) is 45.3 Å². The number of aromatic nitrogens is 3. The van der Waals surface area contributed by atoms with Gasteiger partial charge in [0.05, 0.1) is 35.3 Å². The molecule has 3 N–H and O–H groups in total. The van der Waals surface area contributed by atoms with Gasteiger partial charge in [0.2, 0.25) is 0 Å². The summed E-state index contributed by atoms with van der Waals surface area (Å²) in [7, 11) is 0. The fourth-order valence-corrected chi connectivity index (χ4v) is 4.02. The average molecular weight is 411 g/mol. The van der Waals surface area contributed by atoms with Gasteiger partial charge in [0, 0.05) is 34.0 Å². The van der Waals surface area contributed by atoms with Crippen molar-refractivity contribution < 1.29 is 0 Å². The van der Waals surface area contributed by atoms with Gasteiger partial charge in [0.1, 0.15) is 6.07 Å². The van der Waals surface area contributed by atoms with E-state index < -0.39 is 0 Å². The van der Waals surface area contributed by atoms with Crippen LogP contribution in [0, 0.1) is 11.3 Å². The molecule has 0 bridgehead atoms. The standard InChI is InChI=1S/C19H19BrN6/c20-17-6-14(23-10-15-9-22-11-25-15)5-16-18(26-13-3-1-2-4-13)12(7-21)8-24-19(16)17/h5-6,8-9,11,13,23H,1-4,10H2,(H,22,25)(H,24,26). The fraction of sp³-hybridized carbons (Fsp3) is 0.316. The van der Waals surface area contributed by atoms with Crippen molar-refractivity contribution in [2.75, 3.05) is 10.6 Å². The summed E-state index contributed by atoms with van der Waals surface area (Å²) in [5.74, 6) is 0. The number of H-pyrrole nitrogens is 1. The molecule has 26 heavy (non-hydrogen) atoms. The molecule has 6 nitrogen and oxygen atoms in total. The Kier molecular flexibility index (Phi) is 4.76. The first kappa shape index (κ1) is 16.9. The van der Waals surface area contributed by atoms with Crippen LogP contribution in [0.15, 0.2) is 35.3 Å². The second kappa shape index (κ2) is 7.34. The number of anilines is 2. The van der Waals surface area contributed by atoms with Crippen molar-refractivity contribution >= 4 is 38.2 Å². The SMILES string of the molecule is N#Cc1cnc2c(Br)cc(NCc3cnc[nH]3)cc2c1NC1CCCC1. The Morgan fingerprint density at radius 1 is 1.27 bits per heavy atom. The maximum Gasteiger partial charge on any atom is 0.103 e. The van der Waals surface area contributed by atoms with Crippen LogP contribution in [0.3, 0.4) is 0 Å². The quantitative estimate of drug-likeness (QED) is 0.573. The van der Waals surface area contributed by atoms with E-state index in [2.05, 4.69) is 53.7 Å². The largest absolute Gasteiger partial charge is 0.381 e. The molecule has 3 aromatic rings. The highest BCUT2D eigenvalue weighted by Gasteiger charge is 2.19. The average Bonchev–Trinajstić information content (AvgIpc) is 3.34. The van der Waals surface area contributed by atoms with E-state index in [1.807, 2.05) is 6.07 Å². The number of imidazole rings is 1. The van der Waals surface area contributed by atoms with E-state index in [1.165, 1.54) is 12.8 Å². The van der Waals surface area contributed by atoms with Gasteiger partial charge in [-0.1, -0.05) is 12.8 Å². The first-order valence-electron chi connectivity index (χ1n) is 8.74. The molecular formula is C19H19BrN6. The number of nitriles is 1. The zero-order valence-electron chi connectivity index (χ0n) is 14.2. The van der Waals surface area contributed by atoms with E-state index in [9.17, 15) is 5.26 Å². The minimum absolute atomic E-state index is 0.424. The molecule has 1 fully saturated rings. The van der Waals surface area contributed by atoms with E-state index in [4.69, 9.17) is 0 Å². The zero-order chi connectivity index (χ0) is 17.9. The monoisotopic (exact) mass is 410 g/mol. The van der Waals surface area contributed by atoms with E-state index in [1.54, 1.807) is 18.7 Å². The molecule has 4 rings (SSSR count). The van der Waals surface area contributed by atoms with Gasteiger partial charge in [-0.15, -0.1) is 0 Å². The van der Waals surface area contributed by atoms with Gasteiger partial charge >= 0.3 is 0 Å².